The van der Waals surface area contributed by atoms with E-state index < -0.39 is 0 Å². The lowest BCUT2D eigenvalue weighted by Gasteiger charge is -2.07. The first-order chi connectivity index (χ1) is 9.22. The summed E-state index contributed by atoms with van der Waals surface area (Å²) in [6.07, 6.45) is 3.87. The van der Waals surface area contributed by atoms with Crippen LogP contribution in [0.3, 0.4) is 0 Å². The fourth-order valence-electron chi connectivity index (χ4n) is 2.59. The molecule has 1 aromatic rings. The summed E-state index contributed by atoms with van der Waals surface area (Å²) in [5.41, 5.74) is 4.19. The zero-order chi connectivity index (χ0) is 13.7. The summed E-state index contributed by atoms with van der Waals surface area (Å²) in [6.45, 7) is 11.6. The van der Waals surface area contributed by atoms with Gasteiger partial charge in [0.25, 0.3) is 0 Å². The van der Waals surface area contributed by atoms with Crippen LogP contribution in [0.4, 0.5) is 0 Å². The minimum atomic E-state index is 0.882. The van der Waals surface area contributed by atoms with Crippen LogP contribution in [0.5, 0.6) is 0 Å². The van der Waals surface area contributed by atoms with E-state index in [0.29, 0.717) is 0 Å². The molecule has 0 amide bonds. The Hall–Kier alpha value is -0.800. The van der Waals surface area contributed by atoms with Gasteiger partial charge in [0.15, 0.2) is 0 Å². The molecule has 1 heterocycles. The topological polar surface area (TPSA) is 26.2 Å². The molecule has 19 heavy (non-hydrogen) atoms. The van der Waals surface area contributed by atoms with Crippen LogP contribution < -0.4 is 5.32 Å². The Kier molecular flexibility index (Phi) is 5.46. The van der Waals surface area contributed by atoms with Crippen LogP contribution in [0.25, 0.3) is 0 Å². The Morgan fingerprint density at radius 2 is 2.16 bits per heavy atom. The number of ether oxygens (including phenoxy) is 1. The van der Waals surface area contributed by atoms with Gasteiger partial charge in [-0.1, -0.05) is 0 Å². The van der Waals surface area contributed by atoms with Crippen LogP contribution in [-0.4, -0.2) is 24.3 Å². The highest BCUT2D eigenvalue weighted by atomic mass is 16.5. The third-order valence-corrected chi connectivity index (χ3v) is 4.00. The minimum absolute atomic E-state index is 0.882. The zero-order valence-electron chi connectivity index (χ0n) is 12.7. The molecule has 0 aromatic carbocycles. The SMILES string of the molecule is CCn1c(C)cc(CNCCCOCC2CC2)c1C. The molecule has 3 nitrogen and oxygen atoms in total. The van der Waals surface area contributed by atoms with Crippen LogP contribution in [0.2, 0.25) is 0 Å². The molecule has 3 heteroatoms. The zero-order valence-corrected chi connectivity index (χ0v) is 12.7. The average molecular weight is 264 g/mol. The highest BCUT2D eigenvalue weighted by molar-refractivity contribution is 5.26. The summed E-state index contributed by atoms with van der Waals surface area (Å²) in [4.78, 5) is 0. The second-order valence-corrected chi connectivity index (χ2v) is 5.69. The lowest BCUT2D eigenvalue weighted by molar-refractivity contribution is 0.122. The van der Waals surface area contributed by atoms with E-state index in [9.17, 15) is 0 Å². The van der Waals surface area contributed by atoms with Gasteiger partial charge in [-0.25, -0.2) is 0 Å². The molecule has 1 aliphatic rings. The lowest BCUT2D eigenvalue weighted by atomic mass is 10.2. The summed E-state index contributed by atoms with van der Waals surface area (Å²) >= 11 is 0. The maximum atomic E-state index is 5.63. The van der Waals surface area contributed by atoms with Crippen LogP contribution in [-0.2, 0) is 17.8 Å². The second kappa shape index (κ2) is 7.11. The molecule has 108 valence electrons. The Morgan fingerprint density at radius 1 is 1.37 bits per heavy atom. The van der Waals surface area contributed by atoms with Gasteiger partial charge in [-0.05, 0) is 64.1 Å². The highest BCUT2D eigenvalue weighted by Gasteiger charge is 2.20. The number of aromatic nitrogens is 1. The van der Waals surface area contributed by atoms with Crippen molar-refractivity contribution in [1.29, 1.82) is 0 Å². The predicted molar refractivity (Wildman–Crippen MR) is 79.4 cm³/mol. The van der Waals surface area contributed by atoms with Crippen molar-refractivity contribution in [2.75, 3.05) is 19.8 Å². The fourth-order valence-corrected chi connectivity index (χ4v) is 2.59. The van der Waals surface area contributed by atoms with E-state index in [4.69, 9.17) is 4.74 Å². The summed E-state index contributed by atoms with van der Waals surface area (Å²) in [7, 11) is 0. The standard InChI is InChI=1S/C16H28N2O/c1-4-18-13(2)10-16(14(18)3)11-17-8-5-9-19-12-15-6-7-15/h10,15,17H,4-9,11-12H2,1-3H3. The molecule has 1 aromatic heterocycles. The third kappa shape index (κ3) is 4.36. The molecular weight excluding hydrogens is 236 g/mol. The van der Waals surface area contributed by atoms with Crippen LogP contribution >= 0.6 is 0 Å². The first kappa shape index (κ1) is 14.6. The average Bonchev–Trinajstić information content (AvgIpc) is 3.16. The first-order valence-corrected chi connectivity index (χ1v) is 7.66. The number of rotatable bonds is 9. The predicted octanol–water partition coefficient (Wildman–Crippen LogP) is 3.03. The van der Waals surface area contributed by atoms with E-state index >= 15 is 0 Å². The van der Waals surface area contributed by atoms with E-state index in [1.807, 2.05) is 0 Å². The van der Waals surface area contributed by atoms with Crippen molar-refractivity contribution in [3.63, 3.8) is 0 Å². The fraction of sp³-hybridized carbons (Fsp3) is 0.750. The van der Waals surface area contributed by atoms with Gasteiger partial charge in [-0.3, -0.25) is 0 Å². The number of nitrogens with zero attached hydrogens (tertiary/aromatic N) is 1. The minimum Gasteiger partial charge on any atom is -0.381 e. The number of hydrogen-bond donors (Lipinski definition) is 1. The number of hydrogen-bond acceptors (Lipinski definition) is 2. The van der Waals surface area contributed by atoms with Crippen molar-refractivity contribution in [1.82, 2.24) is 9.88 Å². The van der Waals surface area contributed by atoms with Crippen molar-refractivity contribution in [3.8, 4) is 0 Å². The van der Waals surface area contributed by atoms with Gasteiger partial charge in [0.1, 0.15) is 0 Å². The molecule has 1 aliphatic carbocycles. The van der Waals surface area contributed by atoms with Crippen LogP contribution in [0, 0.1) is 19.8 Å². The van der Waals surface area contributed by atoms with Crippen molar-refractivity contribution >= 4 is 0 Å². The van der Waals surface area contributed by atoms with Gasteiger partial charge >= 0.3 is 0 Å². The molecule has 0 radical (unpaired) electrons. The Morgan fingerprint density at radius 3 is 2.79 bits per heavy atom. The van der Waals surface area contributed by atoms with Gasteiger partial charge in [0.05, 0.1) is 0 Å². The van der Waals surface area contributed by atoms with Crippen molar-refractivity contribution in [3.05, 3.63) is 23.0 Å². The molecule has 1 fully saturated rings. The Labute approximate surface area is 117 Å². The summed E-state index contributed by atoms with van der Waals surface area (Å²) in [6, 6.07) is 2.30. The largest absolute Gasteiger partial charge is 0.381 e. The smallest absolute Gasteiger partial charge is 0.0494 e. The van der Waals surface area contributed by atoms with E-state index in [-0.39, 0.29) is 0 Å². The lowest BCUT2D eigenvalue weighted by Crippen LogP contribution is -2.17. The summed E-state index contributed by atoms with van der Waals surface area (Å²) < 4.78 is 8.00. The molecule has 0 saturated heterocycles. The Balaban J connectivity index is 1.59. The van der Waals surface area contributed by atoms with E-state index in [0.717, 1.165) is 45.2 Å². The summed E-state index contributed by atoms with van der Waals surface area (Å²) in [5, 5.41) is 3.52. The summed E-state index contributed by atoms with van der Waals surface area (Å²) in [5.74, 6) is 0.882. The van der Waals surface area contributed by atoms with Gasteiger partial charge in [0, 0.05) is 37.7 Å². The van der Waals surface area contributed by atoms with Gasteiger partial charge in [-0.2, -0.15) is 0 Å². The van der Waals surface area contributed by atoms with Gasteiger partial charge < -0.3 is 14.6 Å². The van der Waals surface area contributed by atoms with Crippen molar-refractivity contribution < 1.29 is 4.74 Å². The van der Waals surface area contributed by atoms with Crippen LogP contribution in [0.1, 0.15) is 43.1 Å². The van der Waals surface area contributed by atoms with Crippen LogP contribution in [0.15, 0.2) is 6.07 Å². The quantitative estimate of drug-likeness (QED) is 0.694. The maximum Gasteiger partial charge on any atom is 0.0494 e. The number of aryl methyl sites for hydroxylation is 1. The molecule has 0 aliphatic heterocycles. The Bertz CT molecular complexity index is 394. The van der Waals surface area contributed by atoms with Crippen molar-refractivity contribution in [2.45, 2.75) is 53.1 Å². The molecular formula is C16H28N2O. The third-order valence-electron chi connectivity index (χ3n) is 4.00. The molecule has 1 N–H and O–H groups in total. The first-order valence-electron chi connectivity index (χ1n) is 7.66. The van der Waals surface area contributed by atoms with E-state index in [1.54, 1.807) is 0 Å². The van der Waals surface area contributed by atoms with Gasteiger partial charge in [0.2, 0.25) is 0 Å². The molecule has 0 spiro atoms. The highest BCUT2D eigenvalue weighted by Crippen LogP contribution is 2.28. The molecule has 1 saturated carbocycles. The molecule has 2 rings (SSSR count). The monoisotopic (exact) mass is 264 g/mol. The molecule has 0 atom stereocenters. The second-order valence-electron chi connectivity index (χ2n) is 5.69. The number of nitrogens with one attached hydrogen (secondary N) is 1. The normalized spacial score (nSPS) is 15.1. The molecule has 0 unspecified atom stereocenters. The maximum absolute atomic E-state index is 5.63. The molecule has 0 bridgehead atoms. The van der Waals surface area contributed by atoms with Crippen molar-refractivity contribution in [2.24, 2.45) is 5.92 Å². The van der Waals surface area contributed by atoms with Gasteiger partial charge in [-0.15, -0.1) is 0 Å². The van der Waals surface area contributed by atoms with E-state index in [2.05, 4.69) is 36.7 Å². The van der Waals surface area contributed by atoms with E-state index in [1.165, 1.54) is 29.8 Å².